The Morgan fingerprint density at radius 1 is 1.06 bits per heavy atom. The van der Waals surface area contributed by atoms with E-state index in [-0.39, 0.29) is 0 Å². The minimum Gasteiger partial charge on any atom is -0.329 e. The zero-order valence-corrected chi connectivity index (χ0v) is 12.4. The van der Waals surface area contributed by atoms with Crippen molar-refractivity contribution in [1.82, 2.24) is 5.32 Å². The Hall–Kier alpha value is -0.0800. The van der Waals surface area contributed by atoms with Gasteiger partial charge >= 0.3 is 0 Å². The fraction of sp³-hybridized carbons (Fsp3) is 1.00. The number of unbranched alkanes of at least 4 members (excludes halogenated alkanes) is 6. The van der Waals surface area contributed by atoms with Crippen LogP contribution in [0, 0.1) is 5.92 Å². The molecule has 1 unspecified atom stereocenters. The maximum atomic E-state index is 5.82. The van der Waals surface area contributed by atoms with Crippen molar-refractivity contribution in [3.8, 4) is 0 Å². The van der Waals surface area contributed by atoms with Crippen LogP contribution < -0.4 is 11.1 Å². The van der Waals surface area contributed by atoms with E-state index in [0.717, 1.165) is 12.5 Å². The van der Waals surface area contributed by atoms with Gasteiger partial charge < -0.3 is 11.1 Å². The van der Waals surface area contributed by atoms with Crippen LogP contribution in [0.5, 0.6) is 0 Å². The van der Waals surface area contributed by atoms with Gasteiger partial charge in [-0.3, -0.25) is 0 Å². The van der Waals surface area contributed by atoms with Crippen molar-refractivity contribution in [2.45, 2.75) is 83.6 Å². The SMILES string of the molecule is CCCCCCCCCC(CN)NCCC1CC1. The fourth-order valence-corrected chi connectivity index (χ4v) is 2.55. The van der Waals surface area contributed by atoms with Crippen molar-refractivity contribution in [1.29, 1.82) is 0 Å². The van der Waals surface area contributed by atoms with E-state index in [2.05, 4.69) is 12.2 Å². The molecule has 1 rings (SSSR count). The van der Waals surface area contributed by atoms with Gasteiger partial charge in [0.1, 0.15) is 0 Å². The first-order valence-electron chi connectivity index (χ1n) is 8.30. The number of hydrogen-bond donors (Lipinski definition) is 2. The van der Waals surface area contributed by atoms with Gasteiger partial charge in [-0.15, -0.1) is 0 Å². The van der Waals surface area contributed by atoms with Crippen LogP contribution in [0.3, 0.4) is 0 Å². The molecule has 0 spiro atoms. The summed E-state index contributed by atoms with van der Waals surface area (Å²) in [6, 6.07) is 0.569. The molecule has 1 fully saturated rings. The lowest BCUT2D eigenvalue weighted by atomic mass is 10.0. The quantitative estimate of drug-likeness (QED) is 0.490. The minimum absolute atomic E-state index is 0.569. The average Bonchev–Trinajstić information content (AvgIpc) is 3.19. The number of hydrogen-bond acceptors (Lipinski definition) is 2. The molecule has 108 valence electrons. The predicted octanol–water partition coefficient (Wildman–Crippen LogP) is 3.84. The van der Waals surface area contributed by atoms with E-state index in [1.807, 2.05) is 0 Å². The topological polar surface area (TPSA) is 38.0 Å². The molecule has 0 saturated heterocycles. The highest BCUT2D eigenvalue weighted by Crippen LogP contribution is 2.31. The average molecular weight is 254 g/mol. The van der Waals surface area contributed by atoms with Crippen LogP contribution in [-0.4, -0.2) is 19.1 Å². The molecule has 1 aliphatic rings. The lowest BCUT2D eigenvalue weighted by Crippen LogP contribution is -2.36. The highest BCUT2D eigenvalue weighted by Gasteiger charge is 2.20. The van der Waals surface area contributed by atoms with E-state index in [0.29, 0.717) is 6.04 Å². The molecule has 3 N–H and O–H groups in total. The first kappa shape index (κ1) is 16.0. The number of rotatable bonds is 13. The zero-order chi connectivity index (χ0) is 13.1. The summed E-state index contributed by atoms with van der Waals surface area (Å²) in [4.78, 5) is 0. The highest BCUT2D eigenvalue weighted by molar-refractivity contribution is 4.75. The Kier molecular flexibility index (Phi) is 9.59. The van der Waals surface area contributed by atoms with Crippen molar-refractivity contribution < 1.29 is 0 Å². The molecular formula is C16H34N2. The monoisotopic (exact) mass is 254 g/mol. The van der Waals surface area contributed by atoms with Gasteiger partial charge in [0.2, 0.25) is 0 Å². The van der Waals surface area contributed by atoms with E-state index in [9.17, 15) is 0 Å². The van der Waals surface area contributed by atoms with Crippen molar-refractivity contribution >= 4 is 0 Å². The van der Waals surface area contributed by atoms with Gasteiger partial charge in [0, 0.05) is 12.6 Å². The second-order valence-electron chi connectivity index (χ2n) is 6.03. The Morgan fingerprint density at radius 3 is 2.33 bits per heavy atom. The molecule has 0 aliphatic heterocycles. The molecule has 0 aromatic carbocycles. The van der Waals surface area contributed by atoms with Crippen molar-refractivity contribution in [2.24, 2.45) is 11.7 Å². The summed E-state index contributed by atoms with van der Waals surface area (Å²) in [5, 5.41) is 3.63. The van der Waals surface area contributed by atoms with Gasteiger partial charge in [0.05, 0.1) is 0 Å². The molecule has 0 amide bonds. The van der Waals surface area contributed by atoms with Crippen LogP contribution in [0.1, 0.15) is 77.6 Å². The molecule has 0 heterocycles. The Balaban J connectivity index is 1.84. The van der Waals surface area contributed by atoms with Crippen LogP contribution in [0.4, 0.5) is 0 Å². The lowest BCUT2D eigenvalue weighted by Gasteiger charge is -2.16. The molecule has 1 atom stereocenters. The smallest absolute Gasteiger partial charge is 0.0190 e. The first-order valence-corrected chi connectivity index (χ1v) is 8.30. The summed E-state index contributed by atoms with van der Waals surface area (Å²) in [5.74, 6) is 1.04. The molecular weight excluding hydrogens is 220 g/mol. The van der Waals surface area contributed by atoms with Crippen molar-refractivity contribution in [2.75, 3.05) is 13.1 Å². The first-order chi connectivity index (χ1) is 8.86. The normalized spacial score (nSPS) is 17.0. The maximum absolute atomic E-state index is 5.82. The van der Waals surface area contributed by atoms with E-state index in [1.54, 1.807) is 0 Å². The standard InChI is InChI=1S/C16H34N2/c1-2-3-4-5-6-7-8-9-16(14-17)18-13-12-15-10-11-15/h15-16,18H,2-14,17H2,1H3. The van der Waals surface area contributed by atoms with Crippen LogP contribution in [0.2, 0.25) is 0 Å². The second kappa shape index (κ2) is 10.8. The number of nitrogens with one attached hydrogen (secondary N) is 1. The molecule has 0 bridgehead atoms. The lowest BCUT2D eigenvalue weighted by molar-refractivity contribution is 0.448. The van der Waals surface area contributed by atoms with Crippen LogP contribution in [0.15, 0.2) is 0 Å². The summed E-state index contributed by atoms with van der Waals surface area (Å²) in [5.41, 5.74) is 5.82. The summed E-state index contributed by atoms with van der Waals surface area (Å²) in [6.45, 7) is 4.27. The van der Waals surface area contributed by atoms with Gasteiger partial charge in [0.25, 0.3) is 0 Å². The van der Waals surface area contributed by atoms with Gasteiger partial charge in [-0.1, -0.05) is 64.7 Å². The zero-order valence-electron chi connectivity index (χ0n) is 12.4. The largest absolute Gasteiger partial charge is 0.329 e. The summed E-state index contributed by atoms with van der Waals surface area (Å²) in [6.07, 6.45) is 15.3. The molecule has 1 saturated carbocycles. The molecule has 2 nitrogen and oxygen atoms in total. The van der Waals surface area contributed by atoms with Gasteiger partial charge in [-0.05, 0) is 25.3 Å². The van der Waals surface area contributed by atoms with E-state index >= 15 is 0 Å². The summed E-state index contributed by atoms with van der Waals surface area (Å²) in [7, 11) is 0. The third-order valence-corrected chi connectivity index (χ3v) is 4.12. The number of nitrogens with two attached hydrogens (primary N) is 1. The molecule has 18 heavy (non-hydrogen) atoms. The van der Waals surface area contributed by atoms with E-state index in [1.165, 1.54) is 77.2 Å². The van der Waals surface area contributed by atoms with Crippen molar-refractivity contribution in [3.63, 3.8) is 0 Å². The van der Waals surface area contributed by atoms with Gasteiger partial charge in [-0.25, -0.2) is 0 Å². The Bertz CT molecular complexity index is 178. The summed E-state index contributed by atoms with van der Waals surface area (Å²) >= 11 is 0. The van der Waals surface area contributed by atoms with Crippen LogP contribution in [0.25, 0.3) is 0 Å². The molecule has 0 aromatic heterocycles. The summed E-state index contributed by atoms with van der Waals surface area (Å²) < 4.78 is 0. The minimum atomic E-state index is 0.569. The molecule has 0 radical (unpaired) electrons. The Morgan fingerprint density at radius 2 is 1.72 bits per heavy atom. The fourth-order valence-electron chi connectivity index (χ4n) is 2.55. The van der Waals surface area contributed by atoms with Crippen LogP contribution >= 0.6 is 0 Å². The van der Waals surface area contributed by atoms with E-state index in [4.69, 9.17) is 5.73 Å². The van der Waals surface area contributed by atoms with E-state index < -0.39 is 0 Å². The Labute approximate surface area is 114 Å². The predicted molar refractivity (Wildman–Crippen MR) is 80.8 cm³/mol. The maximum Gasteiger partial charge on any atom is 0.0190 e. The molecule has 1 aliphatic carbocycles. The highest BCUT2D eigenvalue weighted by atomic mass is 14.9. The third kappa shape index (κ3) is 8.93. The second-order valence-corrected chi connectivity index (χ2v) is 6.03. The van der Waals surface area contributed by atoms with Gasteiger partial charge in [-0.2, -0.15) is 0 Å². The third-order valence-electron chi connectivity index (χ3n) is 4.12. The van der Waals surface area contributed by atoms with Gasteiger partial charge in [0.15, 0.2) is 0 Å². The van der Waals surface area contributed by atoms with Crippen LogP contribution in [-0.2, 0) is 0 Å². The molecule has 2 heteroatoms. The molecule has 0 aromatic rings. The van der Waals surface area contributed by atoms with Crippen molar-refractivity contribution in [3.05, 3.63) is 0 Å².